The van der Waals surface area contributed by atoms with Gasteiger partial charge in [-0.25, -0.2) is 4.39 Å². The van der Waals surface area contributed by atoms with Gasteiger partial charge in [-0.15, -0.1) is 0 Å². The summed E-state index contributed by atoms with van der Waals surface area (Å²) in [6.45, 7) is 1.75. The van der Waals surface area contributed by atoms with E-state index in [-0.39, 0.29) is 23.6 Å². The van der Waals surface area contributed by atoms with Gasteiger partial charge in [0.15, 0.2) is 0 Å². The first-order valence-electron chi connectivity index (χ1n) is 6.26. The van der Waals surface area contributed by atoms with Crippen molar-refractivity contribution in [2.24, 2.45) is 5.92 Å². The Morgan fingerprint density at radius 2 is 2.39 bits per heavy atom. The molecule has 1 saturated heterocycles. The number of hydrogen-bond donors (Lipinski definition) is 1. The summed E-state index contributed by atoms with van der Waals surface area (Å²) >= 11 is 0. The maximum atomic E-state index is 13.3. The molecule has 1 aromatic carbocycles. The lowest BCUT2D eigenvalue weighted by Crippen LogP contribution is -2.36. The summed E-state index contributed by atoms with van der Waals surface area (Å²) in [6, 6.07) is 6.24. The number of halogens is 1. The lowest BCUT2D eigenvalue weighted by molar-refractivity contribution is -0.144. The van der Waals surface area contributed by atoms with E-state index in [1.165, 1.54) is 19.2 Å². The minimum Gasteiger partial charge on any atom is -0.469 e. The van der Waals surface area contributed by atoms with E-state index < -0.39 is 0 Å². The summed E-state index contributed by atoms with van der Waals surface area (Å²) in [4.78, 5) is 12.0. The Morgan fingerprint density at radius 1 is 1.56 bits per heavy atom. The normalized spacial score (nSPS) is 21.3. The summed E-state index contributed by atoms with van der Waals surface area (Å²) in [5, 5.41) is 3.28. The van der Waals surface area contributed by atoms with Crippen LogP contribution in [-0.2, 0) is 9.53 Å². The van der Waals surface area contributed by atoms with Gasteiger partial charge < -0.3 is 10.1 Å². The second kappa shape index (κ2) is 5.96. The summed E-state index contributed by atoms with van der Waals surface area (Å²) < 4.78 is 18.2. The fourth-order valence-corrected chi connectivity index (χ4v) is 2.59. The van der Waals surface area contributed by atoms with Gasteiger partial charge in [0.1, 0.15) is 5.82 Å². The molecule has 18 heavy (non-hydrogen) atoms. The minimum absolute atomic E-state index is 0.174. The van der Waals surface area contributed by atoms with Crippen LogP contribution in [0.5, 0.6) is 0 Å². The average molecular weight is 251 g/mol. The Morgan fingerprint density at radius 3 is 3.00 bits per heavy atom. The number of nitrogens with one attached hydrogen (secondary N) is 1. The van der Waals surface area contributed by atoms with Crippen LogP contribution in [0.1, 0.15) is 24.3 Å². The van der Waals surface area contributed by atoms with E-state index in [0.717, 1.165) is 25.9 Å². The van der Waals surface area contributed by atoms with Gasteiger partial charge in [0.2, 0.25) is 0 Å². The summed E-state index contributed by atoms with van der Waals surface area (Å²) in [7, 11) is 1.38. The van der Waals surface area contributed by atoms with Gasteiger partial charge in [-0.2, -0.15) is 0 Å². The van der Waals surface area contributed by atoms with Crippen LogP contribution in [-0.4, -0.2) is 26.2 Å². The van der Waals surface area contributed by atoms with E-state index in [2.05, 4.69) is 5.32 Å². The Balaban J connectivity index is 2.26. The van der Waals surface area contributed by atoms with Crippen molar-refractivity contribution in [3.8, 4) is 0 Å². The predicted octanol–water partition coefficient (Wildman–Crippen LogP) is 2.08. The molecule has 0 spiro atoms. The van der Waals surface area contributed by atoms with Crippen LogP contribution in [0.15, 0.2) is 24.3 Å². The van der Waals surface area contributed by atoms with Gasteiger partial charge in [-0.05, 0) is 49.5 Å². The van der Waals surface area contributed by atoms with Crippen LogP contribution in [0.2, 0.25) is 0 Å². The lowest BCUT2D eigenvalue weighted by atomic mass is 9.81. The molecule has 4 heteroatoms. The Hall–Kier alpha value is -1.42. The van der Waals surface area contributed by atoms with E-state index in [4.69, 9.17) is 4.74 Å². The molecule has 0 saturated carbocycles. The second-order valence-corrected chi connectivity index (χ2v) is 4.66. The summed E-state index contributed by atoms with van der Waals surface area (Å²) in [5.74, 6) is -0.800. The van der Waals surface area contributed by atoms with Gasteiger partial charge in [-0.3, -0.25) is 4.79 Å². The van der Waals surface area contributed by atoms with Crippen LogP contribution in [0.3, 0.4) is 0 Å². The molecule has 0 bridgehead atoms. The van der Waals surface area contributed by atoms with Crippen LogP contribution in [0.25, 0.3) is 0 Å². The molecule has 2 atom stereocenters. The predicted molar refractivity (Wildman–Crippen MR) is 66.8 cm³/mol. The van der Waals surface area contributed by atoms with Crippen LogP contribution >= 0.6 is 0 Å². The number of ether oxygens (including phenoxy) is 1. The van der Waals surface area contributed by atoms with Crippen LogP contribution in [0, 0.1) is 11.7 Å². The molecule has 0 amide bonds. The molecule has 1 fully saturated rings. The van der Waals surface area contributed by atoms with Gasteiger partial charge in [0.05, 0.1) is 13.0 Å². The average Bonchev–Trinajstić information content (AvgIpc) is 2.40. The lowest BCUT2D eigenvalue weighted by Gasteiger charge is -2.29. The molecule has 1 N–H and O–H groups in total. The number of hydrogen-bond acceptors (Lipinski definition) is 3. The first kappa shape index (κ1) is 13.0. The number of benzene rings is 1. The van der Waals surface area contributed by atoms with Crippen molar-refractivity contribution in [1.82, 2.24) is 5.32 Å². The van der Waals surface area contributed by atoms with E-state index in [0.29, 0.717) is 5.56 Å². The fraction of sp³-hybridized carbons (Fsp3) is 0.500. The van der Waals surface area contributed by atoms with Gasteiger partial charge in [0, 0.05) is 0 Å². The molecule has 1 aromatic rings. The largest absolute Gasteiger partial charge is 0.469 e. The number of rotatable bonds is 3. The van der Waals surface area contributed by atoms with E-state index in [9.17, 15) is 9.18 Å². The van der Waals surface area contributed by atoms with Crippen molar-refractivity contribution in [3.05, 3.63) is 35.6 Å². The molecule has 98 valence electrons. The van der Waals surface area contributed by atoms with Crippen LogP contribution < -0.4 is 5.32 Å². The zero-order valence-corrected chi connectivity index (χ0v) is 10.5. The number of carbonyl (C=O) groups excluding carboxylic acids is 1. The molecule has 1 heterocycles. The molecular formula is C14H18FNO2. The third-order valence-corrected chi connectivity index (χ3v) is 3.47. The quantitative estimate of drug-likeness (QED) is 0.836. The smallest absolute Gasteiger partial charge is 0.313 e. The molecule has 2 rings (SSSR count). The van der Waals surface area contributed by atoms with Crippen molar-refractivity contribution < 1.29 is 13.9 Å². The highest BCUT2D eigenvalue weighted by Gasteiger charge is 2.31. The third kappa shape index (κ3) is 2.88. The summed E-state index contributed by atoms with van der Waals surface area (Å²) in [5.41, 5.74) is 0.704. The Labute approximate surface area is 106 Å². The first-order chi connectivity index (χ1) is 8.72. The van der Waals surface area contributed by atoms with Crippen molar-refractivity contribution >= 4 is 5.97 Å². The molecule has 0 radical (unpaired) electrons. The van der Waals surface area contributed by atoms with Crippen molar-refractivity contribution in [2.75, 3.05) is 20.2 Å². The van der Waals surface area contributed by atoms with Crippen molar-refractivity contribution in [3.63, 3.8) is 0 Å². The standard InChI is InChI=1S/C14H18FNO2/c1-18-14(17)13(11-5-3-7-16-9-11)10-4-2-6-12(15)8-10/h2,4,6,8,11,13,16H,3,5,7,9H2,1H3. The SMILES string of the molecule is COC(=O)C(c1cccc(F)c1)C1CCCNC1. The Bertz CT molecular complexity index is 416. The monoisotopic (exact) mass is 251 g/mol. The molecule has 0 aliphatic carbocycles. The van der Waals surface area contributed by atoms with Gasteiger partial charge in [0.25, 0.3) is 0 Å². The van der Waals surface area contributed by atoms with E-state index in [1.54, 1.807) is 12.1 Å². The van der Waals surface area contributed by atoms with E-state index >= 15 is 0 Å². The van der Waals surface area contributed by atoms with E-state index in [1.807, 2.05) is 0 Å². The Kier molecular flexibility index (Phi) is 4.31. The molecule has 2 unspecified atom stereocenters. The minimum atomic E-state index is -0.376. The number of esters is 1. The maximum Gasteiger partial charge on any atom is 0.313 e. The van der Waals surface area contributed by atoms with Crippen molar-refractivity contribution in [2.45, 2.75) is 18.8 Å². The zero-order valence-electron chi connectivity index (χ0n) is 10.5. The number of carbonyl (C=O) groups is 1. The molecule has 1 aliphatic heterocycles. The van der Waals surface area contributed by atoms with Gasteiger partial charge >= 0.3 is 5.97 Å². The molecule has 1 aliphatic rings. The zero-order chi connectivity index (χ0) is 13.0. The molecular weight excluding hydrogens is 233 g/mol. The molecule has 0 aromatic heterocycles. The highest BCUT2D eigenvalue weighted by molar-refractivity contribution is 5.78. The highest BCUT2D eigenvalue weighted by Crippen LogP contribution is 2.31. The van der Waals surface area contributed by atoms with Crippen LogP contribution in [0.4, 0.5) is 4.39 Å². The number of methoxy groups -OCH3 is 1. The fourth-order valence-electron chi connectivity index (χ4n) is 2.59. The maximum absolute atomic E-state index is 13.3. The number of piperidine rings is 1. The van der Waals surface area contributed by atoms with Gasteiger partial charge in [-0.1, -0.05) is 12.1 Å². The first-order valence-corrected chi connectivity index (χ1v) is 6.26. The highest BCUT2D eigenvalue weighted by atomic mass is 19.1. The summed E-state index contributed by atoms with van der Waals surface area (Å²) in [6.07, 6.45) is 2.00. The topological polar surface area (TPSA) is 38.3 Å². The second-order valence-electron chi connectivity index (χ2n) is 4.66. The molecule has 3 nitrogen and oxygen atoms in total. The van der Waals surface area contributed by atoms with Crippen molar-refractivity contribution in [1.29, 1.82) is 0 Å². The third-order valence-electron chi connectivity index (χ3n) is 3.47.